The highest BCUT2D eigenvalue weighted by molar-refractivity contribution is 5.41. The van der Waals surface area contributed by atoms with Crippen LogP contribution >= 0.6 is 0 Å². The Bertz CT molecular complexity index is 328. The van der Waals surface area contributed by atoms with Gasteiger partial charge in [-0.25, -0.2) is 0 Å². The third-order valence-corrected chi connectivity index (χ3v) is 2.31. The Morgan fingerprint density at radius 2 is 2.00 bits per heavy atom. The number of hydroxylamine groups is 1. The Labute approximate surface area is 96.5 Å². The number of rotatable bonds is 6. The van der Waals surface area contributed by atoms with Crippen molar-refractivity contribution < 1.29 is 14.3 Å². The smallest absolute Gasteiger partial charge is 0.123 e. The summed E-state index contributed by atoms with van der Waals surface area (Å²) in [6.07, 6.45) is 0. The predicted octanol–water partition coefficient (Wildman–Crippen LogP) is 2.31. The van der Waals surface area contributed by atoms with Gasteiger partial charge in [0, 0.05) is 5.56 Å². The molecule has 0 saturated carbocycles. The molecular formula is C12H19NO3. The van der Waals surface area contributed by atoms with Crippen LogP contribution in [-0.2, 0) is 4.84 Å². The second-order valence-electron chi connectivity index (χ2n) is 3.38. The number of hydrogen-bond acceptors (Lipinski definition) is 4. The van der Waals surface area contributed by atoms with Crippen molar-refractivity contribution in [2.24, 2.45) is 0 Å². The molecule has 0 amide bonds. The zero-order chi connectivity index (χ0) is 12.0. The molecule has 4 nitrogen and oxygen atoms in total. The van der Waals surface area contributed by atoms with Gasteiger partial charge in [0.15, 0.2) is 0 Å². The lowest BCUT2D eigenvalue weighted by atomic mass is 10.1. The van der Waals surface area contributed by atoms with E-state index in [1.54, 1.807) is 14.2 Å². The fraction of sp³-hybridized carbons (Fsp3) is 0.500. The van der Waals surface area contributed by atoms with Gasteiger partial charge in [0.1, 0.15) is 11.5 Å². The molecule has 1 aromatic carbocycles. The van der Waals surface area contributed by atoms with E-state index in [4.69, 9.17) is 14.3 Å². The number of methoxy groups -OCH3 is 2. The van der Waals surface area contributed by atoms with Crippen LogP contribution in [0.2, 0.25) is 0 Å². The standard InChI is InChI=1S/C12H19NO3/c1-5-16-13-9(2)11-8-10(14-3)6-7-12(11)15-4/h6-9,13H,5H2,1-4H3. The minimum Gasteiger partial charge on any atom is -0.497 e. The van der Waals surface area contributed by atoms with Gasteiger partial charge in [-0.05, 0) is 32.0 Å². The van der Waals surface area contributed by atoms with Gasteiger partial charge in [-0.3, -0.25) is 0 Å². The van der Waals surface area contributed by atoms with Crippen molar-refractivity contribution in [3.05, 3.63) is 23.8 Å². The fourth-order valence-corrected chi connectivity index (χ4v) is 1.45. The molecule has 1 aromatic rings. The molecule has 0 heterocycles. The van der Waals surface area contributed by atoms with Crippen LogP contribution in [-0.4, -0.2) is 20.8 Å². The van der Waals surface area contributed by atoms with E-state index in [-0.39, 0.29) is 6.04 Å². The first kappa shape index (κ1) is 12.8. The zero-order valence-corrected chi connectivity index (χ0v) is 10.2. The molecule has 0 aliphatic carbocycles. The Balaban J connectivity index is 2.89. The minimum absolute atomic E-state index is 0.0463. The summed E-state index contributed by atoms with van der Waals surface area (Å²) in [6.45, 7) is 4.56. The van der Waals surface area contributed by atoms with E-state index in [0.29, 0.717) is 6.61 Å². The molecule has 0 bridgehead atoms. The van der Waals surface area contributed by atoms with E-state index < -0.39 is 0 Å². The van der Waals surface area contributed by atoms with E-state index in [9.17, 15) is 0 Å². The van der Waals surface area contributed by atoms with Crippen LogP contribution in [0.4, 0.5) is 0 Å². The molecule has 0 radical (unpaired) electrons. The monoisotopic (exact) mass is 225 g/mol. The van der Waals surface area contributed by atoms with Crippen molar-refractivity contribution in [2.75, 3.05) is 20.8 Å². The van der Waals surface area contributed by atoms with Crippen molar-refractivity contribution in [3.8, 4) is 11.5 Å². The van der Waals surface area contributed by atoms with E-state index in [0.717, 1.165) is 17.1 Å². The minimum atomic E-state index is 0.0463. The molecule has 0 saturated heterocycles. The lowest BCUT2D eigenvalue weighted by molar-refractivity contribution is 0.0279. The summed E-state index contributed by atoms with van der Waals surface area (Å²) in [6, 6.07) is 5.74. The lowest BCUT2D eigenvalue weighted by Crippen LogP contribution is -2.19. The lowest BCUT2D eigenvalue weighted by Gasteiger charge is -2.17. The van der Waals surface area contributed by atoms with Crippen molar-refractivity contribution in [2.45, 2.75) is 19.9 Å². The van der Waals surface area contributed by atoms with Crippen LogP contribution in [0, 0.1) is 0 Å². The summed E-state index contributed by atoms with van der Waals surface area (Å²) in [5, 5.41) is 0. The molecule has 16 heavy (non-hydrogen) atoms. The van der Waals surface area contributed by atoms with Crippen molar-refractivity contribution in [1.82, 2.24) is 5.48 Å². The number of hydrogen-bond donors (Lipinski definition) is 1. The first-order valence-corrected chi connectivity index (χ1v) is 5.32. The maximum Gasteiger partial charge on any atom is 0.123 e. The molecule has 1 rings (SSSR count). The number of ether oxygens (including phenoxy) is 2. The normalized spacial score (nSPS) is 12.2. The Morgan fingerprint density at radius 3 is 2.56 bits per heavy atom. The molecule has 1 N–H and O–H groups in total. The van der Waals surface area contributed by atoms with Gasteiger partial charge in [-0.1, -0.05) is 0 Å². The Morgan fingerprint density at radius 1 is 1.25 bits per heavy atom. The van der Waals surface area contributed by atoms with Gasteiger partial charge in [-0.2, -0.15) is 5.48 Å². The summed E-state index contributed by atoms with van der Waals surface area (Å²) >= 11 is 0. The third kappa shape index (κ3) is 3.12. The topological polar surface area (TPSA) is 39.7 Å². The van der Waals surface area contributed by atoms with Crippen LogP contribution in [0.25, 0.3) is 0 Å². The highest BCUT2D eigenvalue weighted by Gasteiger charge is 2.12. The van der Waals surface area contributed by atoms with Gasteiger partial charge in [0.05, 0.1) is 26.9 Å². The molecule has 1 unspecified atom stereocenters. The zero-order valence-electron chi connectivity index (χ0n) is 10.2. The van der Waals surface area contributed by atoms with Crippen molar-refractivity contribution in [3.63, 3.8) is 0 Å². The molecule has 0 aliphatic heterocycles. The highest BCUT2D eigenvalue weighted by atomic mass is 16.6. The van der Waals surface area contributed by atoms with E-state index in [1.807, 2.05) is 32.0 Å². The first-order valence-electron chi connectivity index (χ1n) is 5.32. The van der Waals surface area contributed by atoms with Gasteiger partial charge in [0.25, 0.3) is 0 Å². The molecule has 0 spiro atoms. The average molecular weight is 225 g/mol. The van der Waals surface area contributed by atoms with Crippen LogP contribution in [0.15, 0.2) is 18.2 Å². The Hall–Kier alpha value is -1.26. The molecule has 4 heteroatoms. The van der Waals surface area contributed by atoms with Crippen LogP contribution in [0.1, 0.15) is 25.5 Å². The summed E-state index contributed by atoms with van der Waals surface area (Å²) in [7, 11) is 3.30. The first-order chi connectivity index (χ1) is 7.72. The molecular weight excluding hydrogens is 206 g/mol. The van der Waals surface area contributed by atoms with E-state index >= 15 is 0 Å². The number of nitrogens with one attached hydrogen (secondary N) is 1. The van der Waals surface area contributed by atoms with Gasteiger partial charge in [-0.15, -0.1) is 0 Å². The predicted molar refractivity (Wildman–Crippen MR) is 62.7 cm³/mol. The van der Waals surface area contributed by atoms with Gasteiger partial charge < -0.3 is 14.3 Å². The summed E-state index contributed by atoms with van der Waals surface area (Å²) < 4.78 is 10.5. The maximum atomic E-state index is 5.29. The quantitative estimate of drug-likeness (QED) is 0.754. The summed E-state index contributed by atoms with van der Waals surface area (Å²) in [4.78, 5) is 5.18. The van der Waals surface area contributed by atoms with E-state index in [2.05, 4.69) is 5.48 Å². The highest BCUT2D eigenvalue weighted by Crippen LogP contribution is 2.29. The molecule has 90 valence electrons. The third-order valence-electron chi connectivity index (χ3n) is 2.31. The maximum absolute atomic E-state index is 5.29. The molecule has 0 aromatic heterocycles. The SMILES string of the molecule is CCONC(C)c1cc(OC)ccc1OC. The Kier molecular flexibility index (Phi) is 5.08. The molecule has 1 atom stereocenters. The van der Waals surface area contributed by atoms with Gasteiger partial charge in [0.2, 0.25) is 0 Å². The average Bonchev–Trinajstić information content (AvgIpc) is 2.35. The van der Waals surface area contributed by atoms with E-state index in [1.165, 1.54) is 0 Å². The van der Waals surface area contributed by atoms with Gasteiger partial charge >= 0.3 is 0 Å². The second-order valence-corrected chi connectivity index (χ2v) is 3.38. The number of benzene rings is 1. The van der Waals surface area contributed by atoms with Crippen LogP contribution in [0.5, 0.6) is 11.5 Å². The van der Waals surface area contributed by atoms with Crippen LogP contribution in [0.3, 0.4) is 0 Å². The molecule has 0 fully saturated rings. The van der Waals surface area contributed by atoms with Crippen LogP contribution < -0.4 is 15.0 Å². The summed E-state index contributed by atoms with van der Waals surface area (Å²) in [5.74, 6) is 1.63. The molecule has 0 aliphatic rings. The summed E-state index contributed by atoms with van der Waals surface area (Å²) in [5.41, 5.74) is 3.95. The fourth-order valence-electron chi connectivity index (χ4n) is 1.45. The van der Waals surface area contributed by atoms with Crippen molar-refractivity contribution in [1.29, 1.82) is 0 Å². The largest absolute Gasteiger partial charge is 0.497 e. The second kappa shape index (κ2) is 6.35. The van der Waals surface area contributed by atoms with Crippen molar-refractivity contribution >= 4 is 0 Å².